The fourth-order valence-electron chi connectivity index (χ4n) is 2.05. The number of aliphatic imine (C=N–C) groups is 1. The molecular weight excluding hydrogens is 295 g/mol. The van der Waals surface area contributed by atoms with Crippen LogP contribution in [0, 0.1) is 11.2 Å². The van der Waals surface area contributed by atoms with Gasteiger partial charge in [-0.3, -0.25) is 9.79 Å². The molecule has 0 unspecified atom stereocenters. The molecule has 6 heteroatoms. The zero-order valence-corrected chi connectivity index (χ0v) is 14.4. The Balaban J connectivity index is 2.59. The minimum absolute atomic E-state index is 0.0524. The average Bonchev–Trinajstić information content (AvgIpc) is 2.53. The van der Waals surface area contributed by atoms with E-state index in [0.29, 0.717) is 37.6 Å². The highest BCUT2D eigenvalue weighted by Crippen LogP contribution is 2.15. The Morgan fingerprint density at radius 3 is 2.57 bits per heavy atom. The summed E-state index contributed by atoms with van der Waals surface area (Å²) in [6, 6.07) is 6.73. The number of hydrogen-bond donors (Lipinski definition) is 3. The van der Waals surface area contributed by atoms with Gasteiger partial charge in [-0.2, -0.15) is 0 Å². The van der Waals surface area contributed by atoms with Crippen molar-refractivity contribution < 1.29 is 9.18 Å². The van der Waals surface area contributed by atoms with Crippen LogP contribution < -0.4 is 16.0 Å². The van der Waals surface area contributed by atoms with Crippen LogP contribution in [0.4, 0.5) is 4.39 Å². The van der Waals surface area contributed by atoms with Crippen LogP contribution in [0.1, 0.15) is 26.3 Å². The van der Waals surface area contributed by atoms with Crippen molar-refractivity contribution in [1.82, 2.24) is 16.0 Å². The van der Waals surface area contributed by atoms with E-state index in [-0.39, 0.29) is 11.7 Å². The van der Waals surface area contributed by atoms with E-state index in [1.165, 1.54) is 6.07 Å². The molecule has 23 heavy (non-hydrogen) atoms. The van der Waals surface area contributed by atoms with Gasteiger partial charge in [-0.25, -0.2) is 4.39 Å². The Bertz CT molecular complexity index is 543. The second-order valence-electron chi connectivity index (χ2n) is 5.93. The van der Waals surface area contributed by atoms with Gasteiger partial charge in [0.05, 0.1) is 12.0 Å². The van der Waals surface area contributed by atoms with Crippen LogP contribution in [0.25, 0.3) is 0 Å². The van der Waals surface area contributed by atoms with Crippen molar-refractivity contribution in [2.45, 2.75) is 27.2 Å². The van der Waals surface area contributed by atoms with Crippen LogP contribution in [-0.2, 0) is 11.2 Å². The number of rotatable bonds is 7. The molecule has 0 aliphatic rings. The summed E-state index contributed by atoms with van der Waals surface area (Å²) in [5, 5.41) is 8.93. The summed E-state index contributed by atoms with van der Waals surface area (Å²) >= 11 is 0. The van der Waals surface area contributed by atoms with Crippen LogP contribution in [0.2, 0.25) is 0 Å². The molecule has 0 bridgehead atoms. The Kier molecular flexibility index (Phi) is 7.51. The highest BCUT2D eigenvalue weighted by atomic mass is 19.1. The van der Waals surface area contributed by atoms with Crippen LogP contribution in [0.3, 0.4) is 0 Å². The van der Waals surface area contributed by atoms with Crippen LogP contribution in [-0.4, -0.2) is 38.5 Å². The van der Waals surface area contributed by atoms with E-state index in [1.54, 1.807) is 19.2 Å². The maximum atomic E-state index is 13.6. The summed E-state index contributed by atoms with van der Waals surface area (Å²) in [4.78, 5) is 16.2. The van der Waals surface area contributed by atoms with E-state index in [9.17, 15) is 9.18 Å². The van der Waals surface area contributed by atoms with Crippen molar-refractivity contribution in [2.75, 3.05) is 26.7 Å². The fraction of sp³-hybridized carbons (Fsp3) is 0.529. The molecule has 0 fully saturated rings. The van der Waals surface area contributed by atoms with E-state index >= 15 is 0 Å². The van der Waals surface area contributed by atoms with Gasteiger partial charge in [0.25, 0.3) is 0 Å². The monoisotopic (exact) mass is 322 g/mol. The number of nitrogens with one attached hydrogen (secondary N) is 3. The Morgan fingerprint density at radius 1 is 1.26 bits per heavy atom. The Labute approximate surface area is 137 Å². The molecule has 0 aromatic heterocycles. The van der Waals surface area contributed by atoms with Crippen molar-refractivity contribution in [2.24, 2.45) is 10.4 Å². The first-order valence-electron chi connectivity index (χ1n) is 7.88. The molecule has 3 N–H and O–H groups in total. The molecule has 0 saturated heterocycles. The number of hydrogen-bond acceptors (Lipinski definition) is 2. The molecule has 0 radical (unpaired) electrons. The van der Waals surface area contributed by atoms with Gasteiger partial charge >= 0.3 is 0 Å². The molecule has 0 aliphatic carbocycles. The quantitative estimate of drug-likeness (QED) is 0.529. The van der Waals surface area contributed by atoms with Crippen molar-refractivity contribution in [1.29, 1.82) is 0 Å². The number of amides is 1. The van der Waals surface area contributed by atoms with E-state index in [1.807, 2.05) is 26.8 Å². The van der Waals surface area contributed by atoms with Gasteiger partial charge in [-0.15, -0.1) is 0 Å². The van der Waals surface area contributed by atoms with Gasteiger partial charge in [0.1, 0.15) is 5.82 Å². The van der Waals surface area contributed by atoms with E-state index in [2.05, 4.69) is 20.9 Å². The number of nitrogens with zero attached hydrogens (tertiary/aromatic N) is 1. The minimum Gasteiger partial charge on any atom is -0.359 e. The minimum atomic E-state index is -0.581. The topological polar surface area (TPSA) is 65.5 Å². The van der Waals surface area contributed by atoms with Crippen molar-refractivity contribution in [3.05, 3.63) is 35.6 Å². The third-order valence-corrected chi connectivity index (χ3v) is 3.46. The van der Waals surface area contributed by atoms with Gasteiger partial charge in [0.2, 0.25) is 5.91 Å². The second kappa shape index (κ2) is 9.12. The SMILES string of the molecule is CCNC(=NCC(C)(C)C(=O)NC)NCCc1ccccc1F. The fourth-order valence-corrected chi connectivity index (χ4v) is 2.05. The third kappa shape index (κ3) is 6.26. The van der Waals surface area contributed by atoms with Gasteiger partial charge in [-0.1, -0.05) is 18.2 Å². The van der Waals surface area contributed by atoms with Gasteiger partial charge in [0, 0.05) is 20.1 Å². The maximum absolute atomic E-state index is 13.6. The Hall–Kier alpha value is -2.11. The van der Waals surface area contributed by atoms with Gasteiger partial charge in [0.15, 0.2) is 5.96 Å². The van der Waals surface area contributed by atoms with Crippen LogP contribution >= 0.6 is 0 Å². The summed E-state index contributed by atoms with van der Waals surface area (Å²) in [5.41, 5.74) is 0.0874. The summed E-state index contributed by atoms with van der Waals surface area (Å²) in [6.07, 6.45) is 0.565. The van der Waals surface area contributed by atoms with Crippen LogP contribution in [0.5, 0.6) is 0 Å². The molecular formula is C17H27FN4O. The van der Waals surface area contributed by atoms with Crippen molar-refractivity contribution in [3.8, 4) is 0 Å². The lowest BCUT2D eigenvalue weighted by Gasteiger charge is -2.21. The van der Waals surface area contributed by atoms with Crippen LogP contribution in [0.15, 0.2) is 29.3 Å². The van der Waals surface area contributed by atoms with E-state index in [0.717, 1.165) is 0 Å². The number of benzene rings is 1. The van der Waals surface area contributed by atoms with E-state index < -0.39 is 5.41 Å². The maximum Gasteiger partial charge on any atom is 0.227 e. The smallest absolute Gasteiger partial charge is 0.227 e. The second-order valence-corrected chi connectivity index (χ2v) is 5.93. The van der Waals surface area contributed by atoms with Gasteiger partial charge < -0.3 is 16.0 Å². The summed E-state index contributed by atoms with van der Waals surface area (Å²) in [5.74, 6) is 0.376. The first-order chi connectivity index (χ1) is 10.9. The summed E-state index contributed by atoms with van der Waals surface area (Å²) < 4.78 is 13.6. The lowest BCUT2D eigenvalue weighted by Crippen LogP contribution is -2.41. The molecule has 0 aliphatic heterocycles. The molecule has 128 valence electrons. The third-order valence-electron chi connectivity index (χ3n) is 3.46. The molecule has 5 nitrogen and oxygen atoms in total. The predicted molar refractivity (Wildman–Crippen MR) is 91.9 cm³/mol. The summed E-state index contributed by atoms with van der Waals surface area (Å²) in [6.45, 7) is 7.30. The predicted octanol–water partition coefficient (Wildman–Crippen LogP) is 1.70. The van der Waals surface area contributed by atoms with Crippen molar-refractivity contribution in [3.63, 3.8) is 0 Å². The summed E-state index contributed by atoms with van der Waals surface area (Å²) in [7, 11) is 1.62. The lowest BCUT2D eigenvalue weighted by molar-refractivity contribution is -0.128. The number of guanidine groups is 1. The average molecular weight is 322 g/mol. The lowest BCUT2D eigenvalue weighted by atomic mass is 9.93. The molecule has 1 amide bonds. The first kappa shape index (κ1) is 18.9. The first-order valence-corrected chi connectivity index (χ1v) is 7.88. The molecule has 1 aromatic carbocycles. The molecule has 1 rings (SSSR count). The van der Waals surface area contributed by atoms with E-state index in [4.69, 9.17) is 0 Å². The molecule has 0 saturated carbocycles. The standard InChI is InChI=1S/C17H27FN4O/c1-5-20-16(22-12-17(2,3)15(23)19-4)21-11-10-13-8-6-7-9-14(13)18/h6-9H,5,10-12H2,1-4H3,(H,19,23)(H2,20,21,22). The Morgan fingerprint density at radius 2 is 1.96 bits per heavy atom. The molecule has 0 heterocycles. The molecule has 0 atom stereocenters. The number of halogens is 1. The molecule has 1 aromatic rings. The largest absolute Gasteiger partial charge is 0.359 e. The molecule has 0 spiro atoms. The number of carbonyl (C=O) groups excluding carboxylic acids is 1. The van der Waals surface area contributed by atoms with Crippen molar-refractivity contribution >= 4 is 11.9 Å². The number of carbonyl (C=O) groups is 1. The van der Waals surface area contributed by atoms with Gasteiger partial charge in [-0.05, 0) is 38.8 Å². The highest BCUT2D eigenvalue weighted by Gasteiger charge is 2.26. The zero-order valence-electron chi connectivity index (χ0n) is 14.4. The normalized spacial score (nSPS) is 12.0. The zero-order chi connectivity index (χ0) is 17.3. The highest BCUT2D eigenvalue weighted by molar-refractivity contribution is 5.83.